The van der Waals surface area contributed by atoms with Crippen molar-refractivity contribution < 1.29 is 29.0 Å². The number of fused-ring (bicyclic) bond motifs is 2. The molecule has 1 aromatic carbocycles. The molecule has 4 aliphatic rings. The first-order valence-corrected chi connectivity index (χ1v) is 11.3. The number of esters is 1. The third-order valence-corrected chi connectivity index (χ3v) is 7.36. The number of nitrogens with zero attached hydrogens (tertiary/aromatic N) is 2. The second kappa shape index (κ2) is 7.53. The second-order valence-corrected chi connectivity index (χ2v) is 9.38. The van der Waals surface area contributed by atoms with E-state index in [0.717, 1.165) is 16.8 Å². The number of benzene rings is 1. The topological polar surface area (TPSA) is 96.4 Å². The lowest BCUT2D eigenvalue weighted by Gasteiger charge is -2.37. The maximum absolute atomic E-state index is 14.2. The Bertz CT molecular complexity index is 1080. The highest BCUT2D eigenvalue weighted by molar-refractivity contribution is 6.06. The SMILES string of the molecule is Cc1cccc(C)c1N1CC=C[C@]23O[C@]4(C)C=CCOC(=O)[C@@H]4[C@H]2C(=O)N(CCO)C3C1=O. The van der Waals surface area contributed by atoms with E-state index in [9.17, 15) is 19.5 Å². The number of hydrogen-bond donors (Lipinski definition) is 1. The number of β-amino-alcohol motifs (C(OH)–C–C–N with tert-alkyl or cyclic N) is 1. The predicted molar refractivity (Wildman–Crippen MR) is 119 cm³/mol. The fourth-order valence-electron chi connectivity index (χ4n) is 6.14. The van der Waals surface area contributed by atoms with E-state index in [1.807, 2.05) is 38.1 Å². The minimum absolute atomic E-state index is 0.0282. The van der Waals surface area contributed by atoms with Gasteiger partial charge in [0.2, 0.25) is 5.91 Å². The number of anilines is 1. The maximum Gasteiger partial charge on any atom is 0.313 e. The van der Waals surface area contributed by atoms with E-state index in [0.29, 0.717) is 6.54 Å². The molecular weight excluding hydrogens is 424 g/mol. The Labute approximate surface area is 192 Å². The van der Waals surface area contributed by atoms with E-state index in [1.165, 1.54) is 4.90 Å². The van der Waals surface area contributed by atoms with Gasteiger partial charge in [0, 0.05) is 18.8 Å². The molecule has 2 fully saturated rings. The Morgan fingerprint density at radius 3 is 2.48 bits per heavy atom. The lowest BCUT2D eigenvalue weighted by Crippen LogP contribution is -2.56. The van der Waals surface area contributed by atoms with Crippen LogP contribution in [0.3, 0.4) is 0 Å². The molecule has 4 heterocycles. The molecule has 1 aromatic rings. The van der Waals surface area contributed by atoms with Gasteiger partial charge in [-0.05, 0) is 38.0 Å². The van der Waals surface area contributed by atoms with Crippen LogP contribution < -0.4 is 4.90 Å². The molecule has 5 rings (SSSR count). The van der Waals surface area contributed by atoms with Gasteiger partial charge in [0.1, 0.15) is 24.2 Å². The summed E-state index contributed by atoms with van der Waals surface area (Å²) in [5, 5.41) is 9.72. The number of rotatable bonds is 3. The normalized spacial score (nSPS) is 35.2. The molecule has 5 atom stereocenters. The first-order valence-electron chi connectivity index (χ1n) is 11.3. The Balaban J connectivity index is 1.68. The number of ether oxygens (including phenoxy) is 2. The van der Waals surface area contributed by atoms with E-state index in [2.05, 4.69) is 0 Å². The largest absolute Gasteiger partial charge is 0.461 e. The standard InChI is InChI=1S/C25H28N2O6/c1-15-7-4-8-16(2)19(15)26-11-5-10-25-17(21(29)27(12-13-28)20(25)22(26)30)18-23(31)32-14-6-9-24(18,3)33-25/h4-10,17-18,20,28H,11-14H2,1-3H3/t17-,18-,20?,24+,25-/m0/s1. The van der Waals surface area contributed by atoms with Crippen molar-refractivity contribution in [3.63, 3.8) is 0 Å². The van der Waals surface area contributed by atoms with Crippen molar-refractivity contribution in [3.8, 4) is 0 Å². The smallest absolute Gasteiger partial charge is 0.313 e. The summed E-state index contributed by atoms with van der Waals surface area (Å²) in [6, 6.07) is 4.82. The van der Waals surface area contributed by atoms with E-state index >= 15 is 0 Å². The third-order valence-electron chi connectivity index (χ3n) is 7.36. The summed E-state index contributed by atoms with van der Waals surface area (Å²) < 4.78 is 11.9. The van der Waals surface area contributed by atoms with Gasteiger partial charge >= 0.3 is 5.97 Å². The highest BCUT2D eigenvalue weighted by atomic mass is 16.6. The van der Waals surface area contributed by atoms with E-state index in [-0.39, 0.29) is 31.6 Å². The van der Waals surface area contributed by atoms with Crippen LogP contribution in [0.4, 0.5) is 5.69 Å². The van der Waals surface area contributed by atoms with Crippen molar-refractivity contribution >= 4 is 23.5 Å². The fraction of sp³-hybridized carbons (Fsp3) is 0.480. The molecule has 1 unspecified atom stereocenters. The second-order valence-electron chi connectivity index (χ2n) is 9.38. The zero-order valence-corrected chi connectivity index (χ0v) is 19.0. The molecule has 33 heavy (non-hydrogen) atoms. The summed E-state index contributed by atoms with van der Waals surface area (Å²) >= 11 is 0. The van der Waals surface area contributed by atoms with Gasteiger partial charge in [-0.2, -0.15) is 0 Å². The van der Waals surface area contributed by atoms with Crippen LogP contribution in [0.1, 0.15) is 18.1 Å². The molecule has 0 aliphatic carbocycles. The summed E-state index contributed by atoms with van der Waals surface area (Å²) in [7, 11) is 0. The number of cyclic esters (lactones) is 1. The van der Waals surface area contributed by atoms with Gasteiger partial charge < -0.3 is 24.4 Å². The van der Waals surface area contributed by atoms with Crippen LogP contribution in [0.5, 0.6) is 0 Å². The summed E-state index contributed by atoms with van der Waals surface area (Å²) in [6.07, 6.45) is 7.11. The number of aliphatic hydroxyl groups is 1. The average molecular weight is 453 g/mol. The molecule has 0 radical (unpaired) electrons. The molecule has 8 heteroatoms. The van der Waals surface area contributed by atoms with Gasteiger partial charge in [-0.3, -0.25) is 14.4 Å². The molecule has 2 amide bonds. The monoisotopic (exact) mass is 452 g/mol. The van der Waals surface area contributed by atoms with Crippen molar-refractivity contribution in [2.45, 2.75) is 38.0 Å². The van der Waals surface area contributed by atoms with Crippen molar-refractivity contribution in [2.24, 2.45) is 11.8 Å². The number of para-hydroxylation sites is 1. The number of hydrogen-bond acceptors (Lipinski definition) is 6. The molecule has 0 saturated carbocycles. The van der Waals surface area contributed by atoms with Gasteiger partial charge in [-0.15, -0.1) is 0 Å². The van der Waals surface area contributed by atoms with E-state index in [1.54, 1.807) is 30.1 Å². The Morgan fingerprint density at radius 1 is 1.06 bits per heavy atom. The fourth-order valence-corrected chi connectivity index (χ4v) is 6.14. The first-order chi connectivity index (χ1) is 15.7. The van der Waals surface area contributed by atoms with E-state index in [4.69, 9.17) is 9.47 Å². The third kappa shape index (κ3) is 2.93. The Morgan fingerprint density at radius 2 is 1.79 bits per heavy atom. The average Bonchev–Trinajstić information content (AvgIpc) is 3.01. The lowest BCUT2D eigenvalue weighted by molar-refractivity contribution is -0.156. The molecule has 1 N–H and O–H groups in total. The number of aliphatic hydroxyl groups excluding tert-OH is 1. The van der Waals surface area contributed by atoms with Crippen molar-refractivity contribution in [3.05, 3.63) is 53.6 Å². The minimum atomic E-state index is -1.34. The zero-order chi connectivity index (χ0) is 23.5. The number of amides is 2. The summed E-state index contributed by atoms with van der Waals surface area (Å²) in [5.41, 5.74) is 0.253. The van der Waals surface area contributed by atoms with Crippen LogP contribution in [-0.2, 0) is 23.9 Å². The molecular formula is C25H28N2O6. The number of aryl methyl sites for hydroxylation is 2. The van der Waals surface area contributed by atoms with Crippen LogP contribution in [0.2, 0.25) is 0 Å². The van der Waals surface area contributed by atoms with Gasteiger partial charge in [-0.25, -0.2) is 0 Å². The molecule has 4 aliphatic heterocycles. The van der Waals surface area contributed by atoms with Crippen LogP contribution in [0.15, 0.2) is 42.5 Å². The van der Waals surface area contributed by atoms with Crippen molar-refractivity contribution in [1.29, 1.82) is 0 Å². The highest BCUT2D eigenvalue weighted by Gasteiger charge is 2.74. The predicted octanol–water partition coefficient (Wildman–Crippen LogP) is 1.28. The molecule has 2 saturated heterocycles. The minimum Gasteiger partial charge on any atom is -0.461 e. The quantitative estimate of drug-likeness (QED) is 0.548. The van der Waals surface area contributed by atoms with Gasteiger partial charge in [0.05, 0.1) is 18.1 Å². The molecule has 8 nitrogen and oxygen atoms in total. The number of carbonyl (C=O) groups excluding carboxylic acids is 3. The summed E-state index contributed by atoms with van der Waals surface area (Å²) in [6.45, 7) is 5.74. The van der Waals surface area contributed by atoms with Crippen LogP contribution in [-0.4, -0.2) is 71.3 Å². The highest BCUT2D eigenvalue weighted by Crippen LogP contribution is 2.57. The van der Waals surface area contributed by atoms with Gasteiger partial charge in [0.25, 0.3) is 5.91 Å². The molecule has 1 spiro atoms. The molecule has 0 aromatic heterocycles. The van der Waals surface area contributed by atoms with Gasteiger partial charge in [-0.1, -0.05) is 36.4 Å². The lowest BCUT2D eigenvalue weighted by atomic mass is 9.75. The van der Waals surface area contributed by atoms with Crippen LogP contribution >= 0.6 is 0 Å². The summed E-state index contributed by atoms with van der Waals surface area (Å²) in [5.74, 6) is -3.00. The zero-order valence-electron chi connectivity index (χ0n) is 19.0. The molecule has 0 bridgehead atoms. The van der Waals surface area contributed by atoms with Crippen LogP contribution in [0.25, 0.3) is 0 Å². The van der Waals surface area contributed by atoms with Gasteiger partial charge in [0.15, 0.2) is 0 Å². The number of carbonyl (C=O) groups is 3. The first kappa shape index (κ1) is 21.9. The maximum atomic E-state index is 14.2. The van der Waals surface area contributed by atoms with Crippen LogP contribution in [0, 0.1) is 25.7 Å². The van der Waals surface area contributed by atoms with Crippen molar-refractivity contribution in [2.75, 3.05) is 31.2 Å². The van der Waals surface area contributed by atoms with Crippen molar-refractivity contribution in [1.82, 2.24) is 4.90 Å². The molecule has 174 valence electrons. The Hall–Kier alpha value is -2.97. The Kier molecular flexibility index (Phi) is 4.99. The summed E-state index contributed by atoms with van der Waals surface area (Å²) in [4.78, 5) is 43.9. The van der Waals surface area contributed by atoms with E-state index < -0.39 is 35.0 Å². The number of likely N-dealkylation sites (tertiary alicyclic amines) is 1.